The molecule has 0 aliphatic carbocycles. The maximum Gasteiger partial charge on any atom is 0.336 e. The van der Waals surface area contributed by atoms with Gasteiger partial charge in [-0.25, -0.2) is 4.79 Å². The van der Waals surface area contributed by atoms with E-state index in [4.69, 9.17) is 9.84 Å². The summed E-state index contributed by atoms with van der Waals surface area (Å²) in [7, 11) is 3.43. The van der Waals surface area contributed by atoms with Crippen molar-refractivity contribution in [2.45, 2.75) is 0 Å². The topological polar surface area (TPSA) is 51.5 Å². The number of aromatic carboxylic acids is 1. The molecule has 4 nitrogen and oxygen atoms in total. The van der Waals surface area contributed by atoms with E-state index in [9.17, 15) is 4.79 Å². The van der Waals surface area contributed by atoms with Gasteiger partial charge >= 0.3 is 5.97 Å². The quantitative estimate of drug-likeness (QED) is 0.814. The largest absolute Gasteiger partial charge is 0.495 e. The first kappa shape index (κ1) is 9.58. The fourth-order valence-corrected chi connectivity index (χ4v) is 1.73. The third kappa shape index (κ3) is 1.34. The number of aromatic nitrogens is 1. The Kier molecular flexibility index (Phi) is 2.11. The van der Waals surface area contributed by atoms with E-state index >= 15 is 0 Å². The number of carbonyl (C=O) groups is 1. The molecule has 2 aromatic rings. The number of ether oxygens (including phenoxy) is 1. The van der Waals surface area contributed by atoms with Crippen LogP contribution in [0.2, 0.25) is 0 Å². The number of rotatable bonds is 2. The van der Waals surface area contributed by atoms with Crippen LogP contribution in [0.15, 0.2) is 24.4 Å². The first-order valence-corrected chi connectivity index (χ1v) is 4.50. The van der Waals surface area contributed by atoms with Gasteiger partial charge in [-0.05, 0) is 18.2 Å². The van der Waals surface area contributed by atoms with Crippen LogP contribution in [0.4, 0.5) is 0 Å². The average Bonchev–Trinajstić information content (AvgIpc) is 2.60. The number of hydrogen-bond acceptors (Lipinski definition) is 2. The molecular formula is C11H11NO3. The predicted molar refractivity (Wildman–Crippen MR) is 56.4 cm³/mol. The molecule has 1 heterocycles. The highest BCUT2D eigenvalue weighted by molar-refractivity contribution is 6.04. The van der Waals surface area contributed by atoms with Crippen LogP contribution in [0.5, 0.6) is 5.75 Å². The molecule has 0 saturated carbocycles. The van der Waals surface area contributed by atoms with Gasteiger partial charge in [0.15, 0.2) is 0 Å². The van der Waals surface area contributed by atoms with Crippen molar-refractivity contribution in [3.05, 3.63) is 30.0 Å². The zero-order valence-corrected chi connectivity index (χ0v) is 8.52. The lowest BCUT2D eigenvalue weighted by Crippen LogP contribution is -1.98. The first-order valence-electron chi connectivity index (χ1n) is 4.50. The first-order chi connectivity index (χ1) is 7.15. The van der Waals surface area contributed by atoms with E-state index in [0.717, 1.165) is 5.52 Å². The number of carboxylic acid groups (broad SMARTS) is 1. The molecule has 0 radical (unpaired) electrons. The summed E-state index contributed by atoms with van der Waals surface area (Å²) in [5.41, 5.74) is 1.10. The SMILES string of the molecule is COc1ccc(C(=O)O)c2ccn(C)c12. The average molecular weight is 205 g/mol. The second kappa shape index (κ2) is 3.31. The Morgan fingerprint density at radius 2 is 2.13 bits per heavy atom. The Hall–Kier alpha value is -1.97. The van der Waals surface area contributed by atoms with E-state index in [1.54, 1.807) is 25.3 Å². The van der Waals surface area contributed by atoms with E-state index in [-0.39, 0.29) is 0 Å². The monoisotopic (exact) mass is 205 g/mol. The van der Waals surface area contributed by atoms with E-state index < -0.39 is 5.97 Å². The summed E-state index contributed by atoms with van der Waals surface area (Å²) >= 11 is 0. The molecular weight excluding hydrogens is 194 g/mol. The molecule has 0 amide bonds. The van der Waals surface area contributed by atoms with E-state index in [0.29, 0.717) is 16.7 Å². The third-order valence-electron chi connectivity index (χ3n) is 2.45. The third-order valence-corrected chi connectivity index (χ3v) is 2.45. The second-order valence-electron chi connectivity index (χ2n) is 3.31. The van der Waals surface area contributed by atoms with Crippen molar-refractivity contribution in [3.8, 4) is 5.75 Å². The molecule has 0 saturated heterocycles. The highest BCUT2D eigenvalue weighted by atomic mass is 16.5. The normalized spacial score (nSPS) is 10.5. The van der Waals surface area contributed by atoms with Crippen LogP contribution in [0, 0.1) is 0 Å². The number of aryl methyl sites for hydroxylation is 1. The molecule has 0 atom stereocenters. The van der Waals surface area contributed by atoms with Gasteiger partial charge in [0, 0.05) is 18.6 Å². The van der Waals surface area contributed by atoms with E-state index in [1.165, 1.54) is 0 Å². The van der Waals surface area contributed by atoms with Crippen molar-refractivity contribution >= 4 is 16.9 Å². The molecule has 0 unspecified atom stereocenters. The van der Waals surface area contributed by atoms with Crippen LogP contribution in [0.1, 0.15) is 10.4 Å². The summed E-state index contributed by atoms with van der Waals surface area (Å²) in [6, 6.07) is 5.01. The van der Waals surface area contributed by atoms with Crippen LogP contribution < -0.4 is 4.74 Å². The zero-order chi connectivity index (χ0) is 11.0. The van der Waals surface area contributed by atoms with Crippen LogP contribution in [-0.2, 0) is 7.05 Å². The van der Waals surface area contributed by atoms with Crippen LogP contribution in [0.3, 0.4) is 0 Å². The summed E-state index contributed by atoms with van der Waals surface area (Å²) in [5.74, 6) is -0.239. The number of methoxy groups -OCH3 is 1. The molecule has 1 aromatic heterocycles. The molecule has 1 aromatic carbocycles. The fraction of sp³-hybridized carbons (Fsp3) is 0.182. The lowest BCUT2D eigenvalue weighted by molar-refractivity contribution is 0.0699. The van der Waals surface area contributed by atoms with Crippen molar-refractivity contribution in [2.75, 3.05) is 7.11 Å². The molecule has 1 N–H and O–H groups in total. The van der Waals surface area contributed by atoms with Gasteiger partial charge < -0.3 is 14.4 Å². The second-order valence-corrected chi connectivity index (χ2v) is 3.31. The van der Waals surface area contributed by atoms with Gasteiger partial charge in [-0.2, -0.15) is 0 Å². The molecule has 0 aliphatic heterocycles. The van der Waals surface area contributed by atoms with Crippen molar-refractivity contribution in [1.82, 2.24) is 4.57 Å². The Labute approximate surface area is 86.7 Å². The lowest BCUT2D eigenvalue weighted by atomic mass is 10.1. The molecule has 2 rings (SSSR count). The standard InChI is InChI=1S/C11H11NO3/c1-12-6-5-7-8(11(13)14)3-4-9(15-2)10(7)12/h3-6H,1-2H3,(H,13,14). The number of carboxylic acids is 1. The molecule has 0 spiro atoms. The van der Waals surface area contributed by atoms with Gasteiger partial charge in [0.2, 0.25) is 0 Å². The van der Waals surface area contributed by atoms with Gasteiger partial charge in [-0.3, -0.25) is 0 Å². The number of hydrogen-bond donors (Lipinski definition) is 1. The summed E-state index contributed by atoms with van der Waals surface area (Å²) in [4.78, 5) is 11.0. The highest BCUT2D eigenvalue weighted by Gasteiger charge is 2.13. The van der Waals surface area contributed by atoms with Crippen LogP contribution in [0.25, 0.3) is 10.9 Å². The minimum Gasteiger partial charge on any atom is -0.495 e. The Morgan fingerprint density at radius 1 is 1.40 bits per heavy atom. The number of nitrogens with zero attached hydrogens (tertiary/aromatic N) is 1. The molecule has 78 valence electrons. The Balaban J connectivity index is 2.85. The Morgan fingerprint density at radius 3 is 2.73 bits per heavy atom. The fourth-order valence-electron chi connectivity index (χ4n) is 1.73. The lowest BCUT2D eigenvalue weighted by Gasteiger charge is -2.06. The van der Waals surface area contributed by atoms with Crippen LogP contribution in [-0.4, -0.2) is 22.8 Å². The molecule has 0 fully saturated rings. The maximum atomic E-state index is 11.0. The smallest absolute Gasteiger partial charge is 0.336 e. The van der Waals surface area contributed by atoms with Gasteiger partial charge in [0.1, 0.15) is 5.75 Å². The van der Waals surface area contributed by atoms with Gasteiger partial charge in [0.25, 0.3) is 0 Å². The minimum atomic E-state index is -0.922. The van der Waals surface area contributed by atoms with Crippen molar-refractivity contribution in [3.63, 3.8) is 0 Å². The van der Waals surface area contributed by atoms with Gasteiger partial charge in [-0.1, -0.05) is 0 Å². The number of fused-ring (bicyclic) bond motifs is 1. The van der Waals surface area contributed by atoms with Gasteiger partial charge in [-0.15, -0.1) is 0 Å². The van der Waals surface area contributed by atoms with Crippen molar-refractivity contribution in [1.29, 1.82) is 0 Å². The summed E-state index contributed by atoms with van der Waals surface area (Å²) in [6.07, 6.45) is 1.82. The predicted octanol–water partition coefficient (Wildman–Crippen LogP) is 1.89. The molecule has 15 heavy (non-hydrogen) atoms. The van der Waals surface area contributed by atoms with Gasteiger partial charge in [0.05, 0.1) is 18.2 Å². The molecule has 0 aliphatic rings. The van der Waals surface area contributed by atoms with E-state index in [2.05, 4.69) is 0 Å². The van der Waals surface area contributed by atoms with Crippen molar-refractivity contribution < 1.29 is 14.6 Å². The number of benzene rings is 1. The minimum absolute atomic E-state index is 0.298. The summed E-state index contributed by atoms with van der Waals surface area (Å²) < 4.78 is 7.04. The maximum absolute atomic E-state index is 11.0. The summed E-state index contributed by atoms with van der Waals surface area (Å²) in [5, 5.41) is 9.70. The van der Waals surface area contributed by atoms with Crippen molar-refractivity contribution in [2.24, 2.45) is 7.05 Å². The zero-order valence-electron chi connectivity index (χ0n) is 8.52. The highest BCUT2D eigenvalue weighted by Crippen LogP contribution is 2.28. The molecule has 0 bridgehead atoms. The van der Waals surface area contributed by atoms with Crippen LogP contribution >= 0.6 is 0 Å². The summed E-state index contributed by atoms with van der Waals surface area (Å²) in [6.45, 7) is 0. The Bertz CT molecular complexity index is 528. The van der Waals surface area contributed by atoms with E-state index in [1.807, 2.05) is 17.8 Å². The molecule has 4 heteroatoms.